The van der Waals surface area contributed by atoms with Gasteiger partial charge in [-0.1, -0.05) is 93.5 Å². The number of nitrogens with two attached hydrogens (primary N) is 1. The number of allylic oxidation sites excluding steroid dienone is 8. The Morgan fingerprint density at radius 3 is 2.60 bits per heavy atom. The number of hydrogen-bond acceptors (Lipinski definition) is 16. The largest absolute Gasteiger partial charge is 0.508 e. The molecule has 95 heavy (non-hydrogen) atoms. The molecule has 17 atom stereocenters. The van der Waals surface area contributed by atoms with Gasteiger partial charge < -0.3 is 66.0 Å². The van der Waals surface area contributed by atoms with Gasteiger partial charge in [0.1, 0.15) is 69.9 Å². The molecule has 9 aliphatic carbocycles. The van der Waals surface area contributed by atoms with E-state index in [9.17, 15) is 35.7 Å². The van der Waals surface area contributed by atoms with E-state index in [0.29, 0.717) is 69.3 Å². The minimum absolute atomic E-state index is 0.0153. The number of aliphatic hydroxyl groups excluding tert-OH is 4. The predicted octanol–water partition coefficient (Wildman–Crippen LogP) is 10.2. The van der Waals surface area contributed by atoms with Crippen LogP contribution in [0.3, 0.4) is 0 Å². The number of fused-ring (bicyclic) bond motifs is 12. The summed E-state index contributed by atoms with van der Waals surface area (Å²) >= 11 is 0. The van der Waals surface area contributed by atoms with E-state index in [1.807, 2.05) is 12.1 Å². The van der Waals surface area contributed by atoms with Gasteiger partial charge in [-0.25, -0.2) is 4.79 Å². The molecule has 5 aliphatic heterocycles. The lowest BCUT2D eigenvalue weighted by Gasteiger charge is -2.57. The fraction of sp³-hybridized carbons (Fsp3) is 0.519. The average molecular weight is 1290 g/mol. The first-order chi connectivity index (χ1) is 45.7. The van der Waals surface area contributed by atoms with Crippen LogP contribution in [-0.2, 0) is 34.4 Å². The van der Waals surface area contributed by atoms with Crippen LogP contribution < -0.4 is 31.8 Å². The Labute approximate surface area is 554 Å². The number of aliphatic hydroxyl groups is 5. The maximum Gasteiger partial charge on any atom is 0.337 e. The van der Waals surface area contributed by atoms with Gasteiger partial charge in [0.15, 0.2) is 5.43 Å². The van der Waals surface area contributed by atoms with Gasteiger partial charge in [0.05, 0.1) is 24.4 Å². The van der Waals surface area contributed by atoms with E-state index >= 15 is 9.59 Å². The van der Waals surface area contributed by atoms with Gasteiger partial charge in [-0.05, 0) is 200 Å². The molecule has 0 saturated heterocycles. The number of hydrogen-bond donors (Lipinski definition) is 11. The summed E-state index contributed by atoms with van der Waals surface area (Å²) in [4.78, 5) is 31.5. The highest BCUT2D eigenvalue weighted by atomic mass is 16.6. The Hall–Kier alpha value is -7.18. The second kappa shape index (κ2) is 21.7. The fourth-order valence-electron chi connectivity index (χ4n) is 22.8. The Bertz CT molecular complexity index is 4310. The van der Waals surface area contributed by atoms with Crippen molar-refractivity contribution in [2.24, 2.45) is 52.1 Å². The summed E-state index contributed by atoms with van der Waals surface area (Å²) in [7, 11) is 0. The maximum atomic E-state index is 16.5. The van der Waals surface area contributed by atoms with Gasteiger partial charge in [0.2, 0.25) is 0 Å². The van der Waals surface area contributed by atoms with Crippen molar-refractivity contribution in [3.05, 3.63) is 191 Å². The monoisotopic (exact) mass is 1290 g/mol. The molecule has 0 amide bonds. The molecular weight excluding hydrogens is 1200 g/mol. The van der Waals surface area contributed by atoms with Crippen LogP contribution in [0.2, 0.25) is 0 Å². The van der Waals surface area contributed by atoms with Crippen LogP contribution >= 0.6 is 0 Å². The summed E-state index contributed by atoms with van der Waals surface area (Å²) in [6, 6.07) is 13.1. The van der Waals surface area contributed by atoms with Crippen LogP contribution in [0.4, 0.5) is 0 Å². The highest BCUT2D eigenvalue weighted by Gasteiger charge is 2.69. The molecule has 3 fully saturated rings. The third-order valence-corrected chi connectivity index (χ3v) is 26.4. The Kier molecular flexibility index (Phi) is 14.0. The number of carbonyl (C=O) groups excluding carboxylic acids is 1. The number of rotatable bonds is 9. The summed E-state index contributed by atoms with van der Waals surface area (Å²) < 4.78 is 22.3. The van der Waals surface area contributed by atoms with Crippen molar-refractivity contribution in [2.45, 2.75) is 196 Å². The first kappa shape index (κ1) is 61.4. The molecule has 0 radical (unpaired) electrons. The topological polar surface area (TPSA) is 269 Å². The van der Waals surface area contributed by atoms with Crippen molar-refractivity contribution in [3.63, 3.8) is 0 Å². The van der Waals surface area contributed by atoms with Crippen molar-refractivity contribution in [1.82, 2.24) is 16.0 Å². The zero-order chi connectivity index (χ0) is 65.7. The Morgan fingerprint density at radius 2 is 1.82 bits per heavy atom. The molecule has 498 valence electrons. The second-order valence-corrected chi connectivity index (χ2v) is 31.6. The molecule has 18 rings (SSSR count). The third-order valence-electron chi connectivity index (χ3n) is 26.4. The van der Waals surface area contributed by atoms with Gasteiger partial charge >= 0.3 is 5.97 Å². The van der Waals surface area contributed by atoms with Crippen LogP contribution in [0, 0.1) is 46.3 Å². The number of phenolic OH excluding ortho intramolecular Hbond substituents is 2. The molecule has 14 aliphatic rings. The fourth-order valence-corrected chi connectivity index (χ4v) is 22.8. The van der Waals surface area contributed by atoms with Crippen LogP contribution in [0.15, 0.2) is 145 Å². The second-order valence-electron chi connectivity index (χ2n) is 31.6. The molecule has 12 N–H and O–H groups in total. The smallest absolute Gasteiger partial charge is 0.337 e. The molecule has 4 aromatic rings. The SMILES string of the molecule is CC=C(C(=O)OC1Cc2c3c(c4oc(CO)cc(=O)c4c2O)C2C4=CCNC(N)=C4C(C4CCC5=C6C=CC(C)NC6NC=C5CC4C1(C)O3)C1(CCCC1)Cc1ccc(O)cc1C2CO)C1(O)CC2c3cccc4c3C35CC1C2C=C3C=CC(CC(O)CC(C)C)(C5)C4O. The summed E-state index contributed by atoms with van der Waals surface area (Å²) in [5, 5.41) is 97.6. The minimum Gasteiger partial charge on any atom is -0.508 e. The standard InChI is InChI=1S/C79H90N4O12/c1-6-57(79(92)32-55-47-10-9-11-51-66(47)78-33-59(79)53(55)26-42(78)18-22-77(37-78,71(51)90)31-44(87)24-38(2)3)74(91)94-61-29-54-68(89)64-60(88)28-45(35-84)93-70(64)65-62-50-19-23-81-72(80)63(50)67(76(20-7-8-21-76)30-40-13-14-43(86)27-52(40)56(62)36-85)49-17-16-46-41(25-58(49)75(61,5)95-69(54)65)34-82-73-48(46)15-12-39(4)83-73/h6,9-15,18-19,22,26-28,34,38-39,44,49,53,55-56,58-59,61-62,67,71,73,81-87,89-90,92H,7-8,16-17,20-21,23-25,29-33,35-37,80H2,1-5H3. The number of esters is 1. The van der Waals surface area contributed by atoms with E-state index in [2.05, 4.69) is 98.4 Å². The van der Waals surface area contributed by atoms with Crippen LogP contribution in [0.25, 0.3) is 11.0 Å². The first-order valence-electron chi connectivity index (χ1n) is 35.3. The number of phenols is 2. The molecule has 17 unspecified atom stereocenters. The van der Waals surface area contributed by atoms with Gasteiger partial charge in [-0.15, -0.1) is 0 Å². The quantitative estimate of drug-likeness (QED) is 0.0550. The van der Waals surface area contributed by atoms with Crippen molar-refractivity contribution >= 4 is 16.9 Å². The van der Waals surface area contributed by atoms with E-state index in [-0.39, 0.29) is 94.0 Å². The zero-order valence-corrected chi connectivity index (χ0v) is 55.0. The van der Waals surface area contributed by atoms with Crippen molar-refractivity contribution in [1.29, 1.82) is 0 Å². The molecule has 3 aromatic carbocycles. The van der Waals surface area contributed by atoms with E-state index in [1.165, 1.54) is 17.2 Å². The van der Waals surface area contributed by atoms with E-state index in [4.69, 9.17) is 19.6 Å². The molecule has 16 nitrogen and oxygen atoms in total. The summed E-state index contributed by atoms with van der Waals surface area (Å²) in [6.07, 6.45) is 22.6. The summed E-state index contributed by atoms with van der Waals surface area (Å²) in [5.41, 5.74) is 14.0. The minimum atomic E-state index is -1.70. The Morgan fingerprint density at radius 1 is 1.01 bits per heavy atom. The third kappa shape index (κ3) is 8.64. The lowest BCUT2D eigenvalue weighted by atomic mass is 9.47. The van der Waals surface area contributed by atoms with Crippen molar-refractivity contribution in [3.8, 4) is 17.2 Å². The number of benzene rings is 3. The summed E-state index contributed by atoms with van der Waals surface area (Å²) in [6.45, 7) is 9.48. The molecule has 2 spiro atoms. The van der Waals surface area contributed by atoms with Crippen LogP contribution in [0.5, 0.6) is 17.2 Å². The molecular formula is C79H90N4O12. The number of ether oxygens (including phenoxy) is 2. The maximum absolute atomic E-state index is 16.5. The van der Waals surface area contributed by atoms with Gasteiger partial charge in [0.25, 0.3) is 0 Å². The lowest BCUT2D eigenvalue weighted by molar-refractivity contribution is -0.173. The van der Waals surface area contributed by atoms with Crippen LogP contribution in [0.1, 0.15) is 180 Å². The summed E-state index contributed by atoms with van der Waals surface area (Å²) in [5.74, 6) is -3.76. The molecule has 1 aromatic heterocycles. The van der Waals surface area contributed by atoms with Crippen molar-refractivity contribution < 1.29 is 54.4 Å². The van der Waals surface area contributed by atoms with Gasteiger partial charge in [-0.2, -0.15) is 0 Å². The molecule has 6 heterocycles. The molecule has 3 saturated carbocycles. The lowest BCUT2D eigenvalue weighted by Crippen LogP contribution is -2.60. The predicted molar refractivity (Wildman–Crippen MR) is 358 cm³/mol. The number of dihydropyridines is 2. The van der Waals surface area contributed by atoms with E-state index in [0.717, 1.165) is 75.8 Å². The molecule has 9 bridgehead atoms. The van der Waals surface area contributed by atoms with Gasteiger partial charge in [-0.3, -0.25) is 10.1 Å². The highest BCUT2D eigenvalue weighted by Crippen LogP contribution is 2.73. The van der Waals surface area contributed by atoms with E-state index < -0.39 is 99.8 Å². The highest BCUT2D eigenvalue weighted by molar-refractivity contribution is 5.93. The van der Waals surface area contributed by atoms with Crippen LogP contribution in [-0.4, -0.2) is 90.5 Å². The van der Waals surface area contributed by atoms with Gasteiger partial charge in [0, 0.05) is 76.9 Å². The average Bonchev–Trinajstić information content (AvgIpc) is 1.58. The Balaban J connectivity index is 0.872. The normalized spacial score (nSPS) is 36.5. The number of aromatic hydroxyl groups is 2. The number of carbonyl (C=O) groups is 1. The zero-order valence-electron chi connectivity index (χ0n) is 55.0. The van der Waals surface area contributed by atoms with E-state index in [1.54, 1.807) is 25.1 Å². The first-order valence-corrected chi connectivity index (χ1v) is 35.3. The molecule has 16 heteroatoms. The number of nitrogens with one attached hydrogen (secondary N) is 3. The van der Waals surface area contributed by atoms with Crippen molar-refractivity contribution in [2.75, 3.05) is 13.2 Å².